The third kappa shape index (κ3) is 4.59. The van der Waals surface area contributed by atoms with Crippen molar-refractivity contribution in [2.75, 3.05) is 11.9 Å². The summed E-state index contributed by atoms with van der Waals surface area (Å²) in [6, 6.07) is 6.35. The van der Waals surface area contributed by atoms with Crippen molar-refractivity contribution >= 4 is 33.0 Å². The van der Waals surface area contributed by atoms with Crippen molar-refractivity contribution in [2.24, 2.45) is 5.73 Å². The van der Waals surface area contributed by atoms with Crippen LogP contribution in [0.4, 0.5) is 5.69 Å². The zero-order chi connectivity index (χ0) is 13.6. The third-order valence-electron chi connectivity index (χ3n) is 2.23. The first-order valence-electron chi connectivity index (χ1n) is 5.62. The van der Waals surface area contributed by atoms with E-state index in [1.165, 1.54) is 12.1 Å². The van der Waals surface area contributed by atoms with E-state index >= 15 is 0 Å². The molecule has 0 radical (unpaired) electrons. The highest BCUT2D eigenvalue weighted by Crippen LogP contribution is 2.15. The summed E-state index contributed by atoms with van der Waals surface area (Å²) in [5, 5.41) is 2.80. The molecule has 0 saturated heterocycles. The molecular weight excluding hydrogens is 270 g/mol. The summed E-state index contributed by atoms with van der Waals surface area (Å²) in [4.78, 5) is 0.194. The molecule has 18 heavy (non-hydrogen) atoms. The van der Waals surface area contributed by atoms with Gasteiger partial charge in [-0.05, 0) is 36.8 Å². The molecule has 0 saturated carbocycles. The van der Waals surface area contributed by atoms with E-state index in [0.29, 0.717) is 12.2 Å². The van der Waals surface area contributed by atoms with Crippen molar-refractivity contribution in [3.05, 3.63) is 24.3 Å². The molecule has 7 heteroatoms. The second kappa shape index (κ2) is 6.67. The number of rotatable bonds is 6. The average molecular weight is 287 g/mol. The summed E-state index contributed by atoms with van der Waals surface area (Å²) in [6.07, 6.45) is 1.75. The Labute approximate surface area is 113 Å². The monoisotopic (exact) mass is 287 g/mol. The first kappa shape index (κ1) is 14.9. The van der Waals surface area contributed by atoms with Gasteiger partial charge in [0.1, 0.15) is 0 Å². The molecule has 0 amide bonds. The Bertz CT molecular complexity index is 515. The quantitative estimate of drug-likeness (QED) is 0.544. The number of anilines is 1. The molecule has 0 atom stereocenters. The Balaban J connectivity index is 2.85. The minimum atomic E-state index is -3.46. The van der Waals surface area contributed by atoms with Gasteiger partial charge in [-0.2, -0.15) is 0 Å². The van der Waals surface area contributed by atoms with Gasteiger partial charge in [0.05, 0.1) is 4.90 Å². The normalized spacial score (nSPS) is 11.2. The van der Waals surface area contributed by atoms with Gasteiger partial charge in [-0.1, -0.05) is 19.4 Å². The first-order chi connectivity index (χ1) is 8.45. The zero-order valence-corrected chi connectivity index (χ0v) is 11.8. The van der Waals surface area contributed by atoms with Crippen LogP contribution in [0, 0.1) is 0 Å². The van der Waals surface area contributed by atoms with Crippen LogP contribution in [0.15, 0.2) is 29.2 Å². The molecule has 5 nitrogen and oxygen atoms in total. The Kier molecular flexibility index (Phi) is 5.52. The molecule has 0 aliphatic rings. The number of thiocarbonyl (C=S) groups is 1. The van der Waals surface area contributed by atoms with Gasteiger partial charge < -0.3 is 11.1 Å². The molecule has 0 aliphatic carbocycles. The van der Waals surface area contributed by atoms with Gasteiger partial charge in [0.15, 0.2) is 5.11 Å². The van der Waals surface area contributed by atoms with E-state index in [-0.39, 0.29) is 10.0 Å². The summed E-state index contributed by atoms with van der Waals surface area (Å²) < 4.78 is 26.4. The van der Waals surface area contributed by atoms with Gasteiger partial charge in [0.25, 0.3) is 0 Å². The summed E-state index contributed by atoms with van der Waals surface area (Å²) in [7, 11) is -3.46. The van der Waals surface area contributed by atoms with Crippen LogP contribution < -0.4 is 15.8 Å². The van der Waals surface area contributed by atoms with Crippen LogP contribution >= 0.6 is 12.2 Å². The van der Waals surface area contributed by atoms with Crippen molar-refractivity contribution in [1.82, 2.24) is 4.72 Å². The molecule has 100 valence electrons. The molecule has 1 aromatic rings. The standard InChI is InChI=1S/C11H17N3O2S2/c1-2-3-7-13-18(15,16)10-6-4-5-9(8-10)14-11(12)17/h4-6,8,13H,2-3,7H2,1H3,(H3,12,14,17). The Morgan fingerprint density at radius 1 is 1.44 bits per heavy atom. The Hall–Kier alpha value is -1.18. The highest BCUT2D eigenvalue weighted by atomic mass is 32.2. The van der Waals surface area contributed by atoms with Gasteiger partial charge >= 0.3 is 0 Å². The number of unbranched alkanes of at least 4 members (excludes halogenated alkanes) is 1. The van der Waals surface area contributed by atoms with Gasteiger partial charge in [0.2, 0.25) is 10.0 Å². The molecule has 0 spiro atoms. The van der Waals surface area contributed by atoms with Gasteiger partial charge in [-0.3, -0.25) is 0 Å². The molecule has 1 rings (SSSR count). The predicted octanol–water partition coefficient (Wildman–Crippen LogP) is 1.42. The lowest BCUT2D eigenvalue weighted by atomic mass is 10.3. The third-order valence-corrected chi connectivity index (χ3v) is 3.80. The maximum absolute atomic E-state index is 11.9. The van der Waals surface area contributed by atoms with Gasteiger partial charge in [0, 0.05) is 12.2 Å². The highest BCUT2D eigenvalue weighted by molar-refractivity contribution is 7.89. The molecule has 0 fully saturated rings. The second-order valence-electron chi connectivity index (χ2n) is 3.77. The Morgan fingerprint density at radius 3 is 2.78 bits per heavy atom. The number of benzene rings is 1. The minimum absolute atomic E-state index is 0.100. The highest BCUT2D eigenvalue weighted by Gasteiger charge is 2.13. The van der Waals surface area contributed by atoms with Crippen molar-refractivity contribution in [2.45, 2.75) is 24.7 Å². The van der Waals surface area contributed by atoms with E-state index in [1.54, 1.807) is 12.1 Å². The van der Waals surface area contributed by atoms with Crippen molar-refractivity contribution in [3.63, 3.8) is 0 Å². The number of hydrogen-bond donors (Lipinski definition) is 3. The molecule has 0 bridgehead atoms. The molecule has 0 unspecified atom stereocenters. The zero-order valence-electron chi connectivity index (χ0n) is 10.1. The molecule has 1 aromatic carbocycles. The van der Waals surface area contributed by atoms with E-state index in [0.717, 1.165) is 12.8 Å². The largest absolute Gasteiger partial charge is 0.376 e. The maximum atomic E-state index is 11.9. The number of sulfonamides is 1. The fourth-order valence-electron chi connectivity index (χ4n) is 1.35. The second-order valence-corrected chi connectivity index (χ2v) is 5.98. The summed E-state index contributed by atoms with van der Waals surface area (Å²) in [5.74, 6) is 0. The summed E-state index contributed by atoms with van der Waals surface area (Å²) in [5.41, 5.74) is 5.89. The fourth-order valence-corrected chi connectivity index (χ4v) is 2.59. The lowest BCUT2D eigenvalue weighted by molar-refractivity contribution is 0.578. The minimum Gasteiger partial charge on any atom is -0.376 e. The molecular formula is C11H17N3O2S2. The predicted molar refractivity (Wildman–Crippen MR) is 76.9 cm³/mol. The van der Waals surface area contributed by atoms with Crippen molar-refractivity contribution < 1.29 is 8.42 Å². The van der Waals surface area contributed by atoms with E-state index in [1.807, 2.05) is 6.92 Å². The maximum Gasteiger partial charge on any atom is 0.240 e. The molecule has 0 heterocycles. The fraction of sp³-hybridized carbons (Fsp3) is 0.364. The molecule has 0 aromatic heterocycles. The van der Waals surface area contributed by atoms with Crippen molar-refractivity contribution in [3.8, 4) is 0 Å². The number of nitrogens with one attached hydrogen (secondary N) is 2. The summed E-state index contributed by atoms with van der Waals surface area (Å²) >= 11 is 4.70. The van der Waals surface area contributed by atoms with E-state index < -0.39 is 10.0 Å². The number of nitrogens with two attached hydrogens (primary N) is 1. The SMILES string of the molecule is CCCCNS(=O)(=O)c1cccc(NC(N)=S)c1. The van der Waals surface area contributed by atoms with Crippen LogP contribution in [0.1, 0.15) is 19.8 Å². The summed E-state index contributed by atoms with van der Waals surface area (Å²) in [6.45, 7) is 2.44. The first-order valence-corrected chi connectivity index (χ1v) is 7.51. The smallest absolute Gasteiger partial charge is 0.240 e. The van der Waals surface area contributed by atoms with Gasteiger partial charge in [-0.15, -0.1) is 0 Å². The lowest BCUT2D eigenvalue weighted by Gasteiger charge is -2.08. The van der Waals surface area contributed by atoms with Crippen LogP contribution in [0.3, 0.4) is 0 Å². The number of hydrogen-bond acceptors (Lipinski definition) is 3. The van der Waals surface area contributed by atoms with E-state index in [9.17, 15) is 8.42 Å². The van der Waals surface area contributed by atoms with E-state index in [4.69, 9.17) is 18.0 Å². The Morgan fingerprint density at radius 2 is 2.17 bits per heavy atom. The van der Waals surface area contributed by atoms with Crippen LogP contribution in [-0.2, 0) is 10.0 Å². The van der Waals surface area contributed by atoms with E-state index in [2.05, 4.69) is 10.0 Å². The van der Waals surface area contributed by atoms with Crippen LogP contribution in [0.25, 0.3) is 0 Å². The topological polar surface area (TPSA) is 84.2 Å². The molecule has 4 N–H and O–H groups in total. The van der Waals surface area contributed by atoms with Crippen LogP contribution in [0.2, 0.25) is 0 Å². The van der Waals surface area contributed by atoms with Crippen molar-refractivity contribution in [1.29, 1.82) is 0 Å². The average Bonchev–Trinajstić information content (AvgIpc) is 2.28. The lowest BCUT2D eigenvalue weighted by Crippen LogP contribution is -2.25. The van der Waals surface area contributed by atoms with Crippen LogP contribution in [-0.4, -0.2) is 20.1 Å². The molecule has 0 aliphatic heterocycles. The van der Waals surface area contributed by atoms with Crippen LogP contribution in [0.5, 0.6) is 0 Å². The van der Waals surface area contributed by atoms with Gasteiger partial charge in [-0.25, -0.2) is 13.1 Å².